The lowest BCUT2D eigenvalue weighted by molar-refractivity contribution is -0.142. The number of aryl methyl sites for hydroxylation is 1. The van der Waals surface area contributed by atoms with E-state index in [9.17, 15) is 9.59 Å². The Morgan fingerprint density at radius 3 is 2.57 bits per heavy atom. The Labute approximate surface area is 161 Å². The van der Waals surface area contributed by atoms with Crippen molar-refractivity contribution in [2.45, 2.75) is 18.9 Å². The molecule has 0 saturated carbocycles. The second kappa shape index (κ2) is 7.19. The first-order valence-corrected chi connectivity index (χ1v) is 8.88. The number of nitrogens with one attached hydrogen (secondary N) is 1. The highest BCUT2D eigenvalue weighted by Crippen LogP contribution is 2.38. The molecule has 2 atom stereocenters. The highest BCUT2D eigenvalue weighted by atomic mass is 16.6. The maximum Gasteiger partial charge on any atom is 0.353 e. The second-order valence-electron chi connectivity index (χ2n) is 6.67. The fourth-order valence-electron chi connectivity index (χ4n) is 3.14. The summed E-state index contributed by atoms with van der Waals surface area (Å²) in [5.74, 6) is 0.308. The number of para-hydroxylation sites is 1. The highest BCUT2D eigenvalue weighted by molar-refractivity contribution is 6.03. The maximum absolute atomic E-state index is 12.5. The second-order valence-corrected chi connectivity index (χ2v) is 6.67. The van der Waals surface area contributed by atoms with Crippen LogP contribution in [0.2, 0.25) is 0 Å². The predicted molar refractivity (Wildman–Crippen MR) is 103 cm³/mol. The van der Waals surface area contributed by atoms with Gasteiger partial charge in [0.15, 0.2) is 0 Å². The van der Waals surface area contributed by atoms with Gasteiger partial charge in [0, 0.05) is 30.4 Å². The van der Waals surface area contributed by atoms with E-state index in [2.05, 4.69) is 10.4 Å². The van der Waals surface area contributed by atoms with Crippen molar-refractivity contribution in [2.24, 2.45) is 7.05 Å². The summed E-state index contributed by atoms with van der Waals surface area (Å²) in [6.45, 7) is 1.94. The van der Waals surface area contributed by atoms with Crippen molar-refractivity contribution in [2.75, 3.05) is 5.32 Å². The van der Waals surface area contributed by atoms with Crippen LogP contribution in [-0.2, 0) is 11.8 Å². The number of hydrogen-bond donors (Lipinski definition) is 1. The van der Waals surface area contributed by atoms with Gasteiger partial charge in [-0.25, -0.2) is 4.79 Å². The normalized spacial score (nSPS) is 17.5. The standard InChI is InChI=1S/C21H19N3O4/c1-13-17-5-3-4-6-18(17)28-19(13)21(26)27-16-9-7-15(8-10-16)23-20(25)14-11-22-24(2)12-14/h3-13,19H,1-2H3,(H,23,25)/t13-,19-/m1/s1. The first-order chi connectivity index (χ1) is 13.5. The molecule has 1 amide bonds. The maximum atomic E-state index is 12.5. The number of rotatable bonds is 4. The van der Waals surface area contributed by atoms with Crippen molar-refractivity contribution >= 4 is 17.6 Å². The Morgan fingerprint density at radius 2 is 1.89 bits per heavy atom. The van der Waals surface area contributed by atoms with Gasteiger partial charge < -0.3 is 14.8 Å². The fourth-order valence-corrected chi connectivity index (χ4v) is 3.14. The molecule has 28 heavy (non-hydrogen) atoms. The lowest BCUT2D eigenvalue weighted by atomic mass is 9.98. The van der Waals surface area contributed by atoms with Gasteiger partial charge in [0.2, 0.25) is 6.10 Å². The Morgan fingerprint density at radius 1 is 1.14 bits per heavy atom. The molecule has 1 aromatic heterocycles. The van der Waals surface area contributed by atoms with Gasteiger partial charge in [0.25, 0.3) is 5.91 Å². The summed E-state index contributed by atoms with van der Waals surface area (Å²) in [7, 11) is 1.74. The van der Waals surface area contributed by atoms with E-state index >= 15 is 0 Å². The molecule has 0 aliphatic carbocycles. The number of carbonyl (C=O) groups excluding carboxylic acids is 2. The molecule has 1 aliphatic heterocycles. The molecule has 142 valence electrons. The third-order valence-corrected chi connectivity index (χ3v) is 4.65. The molecule has 0 spiro atoms. The minimum Gasteiger partial charge on any atom is -0.478 e. The SMILES string of the molecule is C[C@@H]1c2ccccc2O[C@H]1C(=O)Oc1ccc(NC(=O)c2cnn(C)c2)cc1. The fraction of sp³-hybridized carbons (Fsp3) is 0.190. The van der Waals surface area contributed by atoms with Gasteiger partial charge in [0.05, 0.1) is 11.8 Å². The molecule has 2 aromatic carbocycles. The van der Waals surface area contributed by atoms with Gasteiger partial charge in [-0.15, -0.1) is 0 Å². The van der Waals surface area contributed by atoms with Crippen LogP contribution in [0.1, 0.15) is 28.8 Å². The number of amides is 1. The van der Waals surface area contributed by atoms with Crippen molar-refractivity contribution in [3.63, 3.8) is 0 Å². The zero-order valence-electron chi connectivity index (χ0n) is 15.5. The van der Waals surface area contributed by atoms with Crippen LogP contribution < -0.4 is 14.8 Å². The quantitative estimate of drug-likeness (QED) is 0.558. The number of esters is 1. The molecular weight excluding hydrogens is 358 g/mol. The van der Waals surface area contributed by atoms with Gasteiger partial charge in [-0.3, -0.25) is 9.48 Å². The number of ether oxygens (including phenoxy) is 2. The number of nitrogens with zero attached hydrogens (tertiary/aromatic N) is 2. The van der Waals surface area contributed by atoms with Gasteiger partial charge in [-0.05, 0) is 30.3 Å². The average Bonchev–Trinajstić information content (AvgIpc) is 3.27. The van der Waals surface area contributed by atoms with E-state index in [-0.39, 0.29) is 11.8 Å². The topological polar surface area (TPSA) is 82.4 Å². The summed E-state index contributed by atoms with van der Waals surface area (Å²) in [6, 6.07) is 14.2. The Kier molecular flexibility index (Phi) is 4.57. The number of benzene rings is 2. The molecule has 0 fully saturated rings. The summed E-state index contributed by atoms with van der Waals surface area (Å²) >= 11 is 0. The van der Waals surface area contributed by atoms with Crippen molar-refractivity contribution in [3.05, 3.63) is 72.1 Å². The smallest absolute Gasteiger partial charge is 0.353 e. The number of aromatic nitrogens is 2. The first-order valence-electron chi connectivity index (χ1n) is 8.88. The predicted octanol–water partition coefficient (Wildman–Crippen LogP) is 3.14. The van der Waals surface area contributed by atoms with E-state index in [1.54, 1.807) is 42.2 Å². The summed E-state index contributed by atoms with van der Waals surface area (Å²) in [6.07, 6.45) is 2.45. The molecule has 2 heterocycles. The monoisotopic (exact) mass is 377 g/mol. The lowest BCUT2D eigenvalue weighted by Gasteiger charge is -2.14. The molecule has 4 rings (SSSR count). The van der Waals surface area contributed by atoms with Crippen LogP contribution in [0.25, 0.3) is 0 Å². The zero-order chi connectivity index (χ0) is 19.7. The van der Waals surface area contributed by atoms with Crippen LogP contribution in [-0.4, -0.2) is 27.8 Å². The molecule has 7 nitrogen and oxygen atoms in total. The number of hydrogen-bond acceptors (Lipinski definition) is 5. The zero-order valence-corrected chi connectivity index (χ0v) is 15.5. The first kappa shape index (κ1) is 17.8. The largest absolute Gasteiger partial charge is 0.478 e. The molecule has 7 heteroatoms. The Hall–Kier alpha value is -3.61. The molecule has 0 bridgehead atoms. The number of carbonyl (C=O) groups is 2. The minimum atomic E-state index is -0.678. The average molecular weight is 377 g/mol. The summed E-state index contributed by atoms with van der Waals surface area (Å²) in [5, 5.41) is 6.74. The summed E-state index contributed by atoms with van der Waals surface area (Å²) < 4.78 is 12.8. The molecular formula is C21H19N3O4. The summed E-state index contributed by atoms with van der Waals surface area (Å²) in [4.78, 5) is 24.7. The molecule has 1 N–H and O–H groups in total. The van der Waals surface area contributed by atoms with Crippen LogP contribution in [0.15, 0.2) is 60.9 Å². The van der Waals surface area contributed by atoms with Gasteiger partial charge in [-0.1, -0.05) is 25.1 Å². The van der Waals surface area contributed by atoms with Crippen molar-refractivity contribution in [3.8, 4) is 11.5 Å². The summed E-state index contributed by atoms with van der Waals surface area (Å²) in [5.41, 5.74) is 2.05. The number of fused-ring (bicyclic) bond motifs is 1. The molecule has 0 saturated heterocycles. The van der Waals surface area contributed by atoms with Gasteiger partial charge >= 0.3 is 5.97 Å². The highest BCUT2D eigenvalue weighted by Gasteiger charge is 2.37. The van der Waals surface area contributed by atoms with Crippen molar-refractivity contribution in [1.82, 2.24) is 9.78 Å². The van der Waals surface area contributed by atoms with Crippen LogP contribution in [0, 0.1) is 0 Å². The van der Waals surface area contributed by atoms with Gasteiger partial charge in [-0.2, -0.15) is 5.10 Å². The van der Waals surface area contributed by atoms with Crippen molar-refractivity contribution < 1.29 is 19.1 Å². The molecule has 0 unspecified atom stereocenters. The molecule has 3 aromatic rings. The molecule has 0 radical (unpaired) electrons. The third kappa shape index (κ3) is 3.46. The Bertz CT molecular complexity index is 1030. The van der Waals surface area contributed by atoms with Crippen LogP contribution in [0.4, 0.5) is 5.69 Å². The van der Waals surface area contributed by atoms with E-state index in [1.807, 2.05) is 31.2 Å². The van der Waals surface area contributed by atoms with E-state index in [0.29, 0.717) is 22.7 Å². The van der Waals surface area contributed by atoms with E-state index in [0.717, 1.165) is 5.56 Å². The van der Waals surface area contributed by atoms with E-state index in [1.165, 1.54) is 6.20 Å². The molecule has 1 aliphatic rings. The van der Waals surface area contributed by atoms with Crippen LogP contribution in [0.5, 0.6) is 11.5 Å². The third-order valence-electron chi connectivity index (χ3n) is 4.65. The van der Waals surface area contributed by atoms with Gasteiger partial charge in [0.1, 0.15) is 11.5 Å². The lowest BCUT2D eigenvalue weighted by Crippen LogP contribution is -2.32. The van der Waals surface area contributed by atoms with Crippen LogP contribution in [0.3, 0.4) is 0 Å². The van der Waals surface area contributed by atoms with Crippen molar-refractivity contribution in [1.29, 1.82) is 0 Å². The van der Waals surface area contributed by atoms with Crippen LogP contribution >= 0.6 is 0 Å². The minimum absolute atomic E-state index is 0.0817. The number of anilines is 1. The van der Waals surface area contributed by atoms with E-state index in [4.69, 9.17) is 9.47 Å². The van der Waals surface area contributed by atoms with E-state index < -0.39 is 12.1 Å². The Balaban J connectivity index is 1.38.